The quantitative estimate of drug-likeness (QED) is 0.556. The van der Waals surface area contributed by atoms with Gasteiger partial charge in [0, 0.05) is 36.5 Å². The number of ether oxygens (including phenoxy) is 1. The van der Waals surface area contributed by atoms with Crippen molar-refractivity contribution >= 4 is 40.8 Å². The monoisotopic (exact) mass is 466 g/mol. The van der Waals surface area contributed by atoms with E-state index in [-0.39, 0.29) is 12.2 Å². The van der Waals surface area contributed by atoms with Crippen molar-refractivity contribution in [3.63, 3.8) is 0 Å². The van der Waals surface area contributed by atoms with Crippen molar-refractivity contribution in [1.82, 2.24) is 9.13 Å². The van der Waals surface area contributed by atoms with Gasteiger partial charge in [0.05, 0.1) is 17.8 Å². The summed E-state index contributed by atoms with van der Waals surface area (Å²) < 4.78 is 7.16. The van der Waals surface area contributed by atoms with E-state index in [1.54, 1.807) is 11.8 Å². The van der Waals surface area contributed by atoms with Crippen molar-refractivity contribution < 1.29 is 14.3 Å². The maximum absolute atomic E-state index is 12.3. The highest BCUT2D eigenvalue weighted by molar-refractivity contribution is 7.99. The van der Waals surface area contributed by atoms with Crippen LogP contribution in [0.2, 0.25) is 0 Å². The minimum Gasteiger partial charge on any atom is -0.456 e. The van der Waals surface area contributed by atoms with Crippen LogP contribution in [0.1, 0.15) is 6.42 Å². The summed E-state index contributed by atoms with van der Waals surface area (Å²) in [5, 5.41) is 2.43. The molecule has 170 valence electrons. The van der Waals surface area contributed by atoms with E-state index in [1.165, 1.54) is 14.1 Å². The van der Waals surface area contributed by atoms with Crippen molar-refractivity contribution in [2.75, 3.05) is 23.4 Å². The molecular formula is C23H22N4O5S. The molecule has 0 fully saturated rings. The fourth-order valence-corrected chi connectivity index (χ4v) is 4.57. The van der Waals surface area contributed by atoms with E-state index < -0.39 is 29.7 Å². The Morgan fingerprint density at radius 3 is 2.18 bits per heavy atom. The SMILES string of the molecule is Cn1c(NC(=O)COC(=O)CCN2c3ccccc3Sc3ccccc32)cc(=O)n(C)c1=O. The Bertz CT molecular complexity index is 1300. The number of benzene rings is 2. The molecule has 0 spiro atoms. The fourth-order valence-electron chi connectivity index (χ4n) is 3.48. The minimum atomic E-state index is -0.642. The number of amides is 1. The number of para-hydroxylation sites is 2. The summed E-state index contributed by atoms with van der Waals surface area (Å²) >= 11 is 1.68. The van der Waals surface area contributed by atoms with Crippen molar-refractivity contribution in [2.45, 2.75) is 16.2 Å². The van der Waals surface area contributed by atoms with Gasteiger partial charge >= 0.3 is 11.7 Å². The van der Waals surface area contributed by atoms with Crippen LogP contribution < -0.4 is 21.5 Å². The highest BCUT2D eigenvalue weighted by Gasteiger charge is 2.23. The lowest BCUT2D eigenvalue weighted by molar-refractivity contribution is -0.147. The maximum Gasteiger partial charge on any atom is 0.332 e. The van der Waals surface area contributed by atoms with Crippen LogP contribution in [-0.2, 0) is 28.4 Å². The molecule has 0 atom stereocenters. The van der Waals surface area contributed by atoms with Gasteiger partial charge in [-0.25, -0.2) is 4.79 Å². The number of nitrogens with zero attached hydrogens (tertiary/aromatic N) is 3. The summed E-state index contributed by atoms with van der Waals surface area (Å²) in [5.41, 5.74) is 0.900. The second-order valence-electron chi connectivity index (χ2n) is 7.42. The first-order chi connectivity index (χ1) is 15.8. The van der Waals surface area contributed by atoms with Crippen LogP contribution in [0.3, 0.4) is 0 Å². The van der Waals surface area contributed by atoms with Gasteiger partial charge < -0.3 is 15.0 Å². The molecule has 33 heavy (non-hydrogen) atoms. The molecule has 0 radical (unpaired) electrons. The number of hydrogen-bond acceptors (Lipinski definition) is 7. The van der Waals surface area contributed by atoms with E-state index in [9.17, 15) is 19.2 Å². The second kappa shape index (κ2) is 9.37. The Morgan fingerprint density at radius 2 is 1.55 bits per heavy atom. The smallest absolute Gasteiger partial charge is 0.332 e. The fraction of sp³-hybridized carbons (Fsp3) is 0.217. The number of hydrogen-bond donors (Lipinski definition) is 1. The third-order valence-corrected chi connectivity index (χ3v) is 6.36. The standard InChI is InChI=1S/C23H22N4O5S/c1-25-19(13-21(29)26(2)23(25)31)24-20(28)14-32-22(30)11-12-27-15-7-3-5-9-17(15)33-18-10-6-4-8-16(18)27/h3-10,13H,11-12,14H2,1-2H3,(H,24,28). The third-order valence-electron chi connectivity index (χ3n) is 5.23. The number of aromatic nitrogens is 2. The largest absolute Gasteiger partial charge is 0.456 e. The van der Waals surface area contributed by atoms with Gasteiger partial charge in [-0.3, -0.25) is 23.5 Å². The van der Waals surface area contributed by atoms with Crippen molar-refractivity contribution in [3.05, 3.63) is 75.4 Å². The van der Waals surface area contributed by atoms with E-state index in [4.69, 9.17) is 4.74 Å². The van der Waals surface area contributed by atoms with Crippen LogP contribution in [0.25, 0.3) is 0 Å². The van der Waals surface area contributed by atoms with Crippen LogP contribution in [0, 0.1) is 0 Å². The molecule has 2 aromatic carbocycles. The lowest BCUT2D eigenvalue weighted by Crippen LogP contribution is -2.38. The van der Waals surface area contributed by atoms with Gasteiger partial charge in [-0.1, -0.05) is 36.0 Å². The molecule has 0 saturated heterocycles. The number of fused-ring (bicyclic) bond motifs is 2. The summed E-state index contributed by atoms with van der Waals surface area (Å²) in [7, 11) is 2.77. The molecule has 4 rings (SSSR count). The normalized spacial score (nSPS) is 12.0. The number of esters is 1. The molecule has 3 aromatic rings. The Morgan fingerprint density at radius 1 is 0.939 bits per heavy atom. The molecule has 9 nitrogen and oxygen atoms in total. The molecular weight excluding hydrogens is 444 g/mol. The summed E-state index contributed by atoms with van der Waals surface area (Å²) in [5.74, 6) is -1.14. The average molecular weight is 467 g/mol. The summed E-state index contributed by atoms with van der Waals surface area (Å²) in [6.45, 7) is -0.135. The first-order valence-corrected chi connectivity index (χ1v) is 11.0. The highest BCUT2D eigenvalue weighted by Crippen LogP contribution is 2.47. The Kier molecular flexibility index (Phi) is 6.36. The number of nitrogens with one attached hydrogen (secondary N) is 1. The van der Waals surface area contributed by atoms with Crippen LogP contribution in [-0.4, -0.2) is 34.2 Å². The van der Waals surface area contributed by atoms with Crippen LogP contribution in [0.4, 0.5) is 17.2 Å². The van der Waals surface area contributed by atoms with Gasteiger partial charge in [0.1, 0.15) is 5.82 Å². The highest BCUT2D eigenvalue weighted by atomic mass is 32.2. The van der Waals surface area contributed by atoms with Crippen molar-refractivity contribution in [2.24, 2.45) is 14.1 Å². The number of carbonyl (C=O) groups excluding carboxylic acids is 2. The molecule has 10 heteroatoms. The Balaban J connectivity index is 1.37. The predicted octanol–water partition coefficient (Wildman–Crippen LogP) is 2.26. The van der Waals surface area contributed by atoms with E-state index in [0.29, 0.717) is 6.54 Å². The third kappa shape index (κ3) is 4.70. The predicted molar refractivity (Wildman–Crippen MR) is 125 cm³/mol. The van der Waals surface area contributed by atoms with E-state index in [1.807, 2.05) is 48.5 Å². The molecule has 0 unspecified atom stereocenters. The molecule has 1 aliphatic rings. The van der Waals surface area contributed by atoms with E-state index in [0.717, 1.165) is 36.4 Å². The summed E-state index contributed by atoms with van der Waals surface area (Å²) in [6.07, 6.45) is 0.0744. The van der Waals surface area contributed by atoms with Gasteiger partial charge in [-0.2, -0.15) is 0 Å². The first-order valence-electron chi connectivity index (χ1n) is 10.2. The zero-order valence-corrected chi connectivity index (χ0v) is 18.9. The molecule has 0 aliphatic carbocycles. The topological polar surface area (TPSA) is 103 Å². The van der Waals surface area contributed by atoms with Crippen LogP contribution in [0.5, 0.6) is 0 Å². The lowest BCUT2D eigenvalue weighted by Gasteiger charge is -2.32. The Hall–Kier alpha value is -3.79. The second-order valence-corrected chi connectivity index (χ2v) is 8.50. The number of rotatable bonds is 6. The molecule has 0 saturated carbocycles. The van der Waals surface area contributed by atoms with E-state index in [2.05, 4.69) is 10.2 Å². The van der Waals surface area contributed by atoms with Gasteiger partial charge in [0.2, 0.25) is 0 Å². The van der Waals surface area contributed by atoms with Gasteiger partial charge in [-0.05, 0) is 24.3 Å². The first kappa shape index (κ1) is 22.4. The summed E-state index contributed by atoms with van der Waals surface area (Å²) in [6, 6.07) is 17.1. The van der Waals surface area contributed by atoms with Crippen molar-refractivity contribution in [3.8, 4) is 0 Å². The van der Waals surface area contributed by atoms with Gasteiger partial charge in [0.25, 0.3) is 11.5 Å². The number of carbonyl (C=O) groups is 2. The minimum absolute atomic E-state index is 0.0307. The molecule has 1 aliphatic heterocycles. The average Bonchev–Trinajstić information content (AvgIpc) is 2.82. The maximum atomic E-state index is 12.3. The molecule has 0 bridgehead atoms. The van der Waals surface area contributed by atoms with Gasteiger partial charge in [-0.15, -0.1) is 0 Å². The molecule has 1 aromatic heterocycles. The Labute approximate surface area is 193 Å². The van der Waals surface area contributed by atoms with Crippen LogP contribution >= 0.6 is 11.8 Å². The van der Waals surface area contributed by atoms with Crippen LogP contribution in [0.15, 0.2) is 74.0 Å². The zero-order valence-electron chi connectivity index (χ0n) is 18.1. The number of anilines is 3. The molecule has 1 amide bonds. The van der Waals surface area contributed by atoms with E-state index >= 15 is 0 Å². The lowest BCUT2D eigenvalue weighted by atomic mass is 10.2. The molecule has 2 heterocycles. The summed E-state index contributed by atoms with van der Waals surface area (Å²) in [4.78, 5) is 52.5. The molecule has 1 N–H and O–H groups in total. The van der Waals surface area contributed by atoms with Gasteiger partial charge in [0.15, 0.2) is 6.61 Å². The zero-order chi connectivity index (χ0) is 23.5. The van der Waals surface area contributed by atoms with Crippen molar-refractivity contribution in [1.29, 1.82) is 0 Å².